The number of hydrogen-bond acceptors (Lipinski definition) is 4. The number of pyridine rings is 1. The molecule has 0 aliphatic carbocycles. The number of anilines is 1. The monoisotopic (exact) mass is 298 g/mol. The van der Waals surface area contributed by atoms with E-state index in [-0.39, 0.29) is 0 Å². The van der Waals surface area contributed by atoms with Crippen LogP contribution in [0.3, 0.4) is 0 Å². The van der Waals surface area contributed by atoms with Crippen molar-refractivity contribution in [2.45, 2.75) is 19.8 Å². The smallest absolute Gasteiger partial charge is 0.301 e. The minimum Gasteiger partial charge on any atom is -0.317 e. The molecule has 1 aliphatic heterocycles. The van der Waals surface area contributed by atoms with E-state index in [0.717, 1.165) is 25.9 Å². The lowest BCUT2D eigenvalue weighted by Gasteiger charge is -2.31. The topological polar surface area (TPSA) is 74.3 Å². The van der Waals surface area contributed by atoms with Crippen molar-refractivity contribution >= 4 is 15.9 Å². The lowest BCUT2D eigenvalue weighted by molar-refractivity contribution is 0.269. The molecule has 0 amide bonds. The summed E-state index contributed by atoms with van der Waals surface area (Å²) in [5.74, 6) is 0.572. The minimum atomic E-state index is -3.45. The summed E-state index contributed by atoms with van der Waals surface area (Å²) in [4.78, 5) is 3.87. The van der Waals surface area contributed by atoms with Crippen molar-refractivity contribution in [3.63, 3.8) is 0 Å². The van der Waals surface area contributed by atoms with Crippen molar-refractivity contribution in [1.82, 2.24) is 14.6 Å². The van der Waals surface area contributed by atoms with Crippen LogP contribution in [0.15, 0.2) is 24.5 Å². The van der Waals surface area contributed by atoms with Gasteiger partial charge in [-0.3, -0.25) is 9.71 Å². The Kier molecular flexibility index (Phi) is 5.33. The van der Waals surface area contributed by atoms with E-state index in [1.54, 1.807) is 24.5 Å². The van der Waals surface area contributed by atoms with Crippen LogP contribution in [0.5, 0.6) is 0 Å². The lowest BCUT2D eigenvalue weighted by Crippen LogP contribution is -2.43. The summed E-state index contributed by atoms with van der Waals surface area (Å²) in [6.45, 7) is 5.18. The summed E-state index contributed by atoms with van der Waals surface area (Å²) >= 11 is 0. The number of hydrogen-bond donors (Lipinski definition) is 2. The Hall–Kier alpha value is -1.18. The molecule has 0 bridgehead atoms. The van der Waals surface area contributed by atoms with Gasteiger partial charge in [0.2, 0.25) is 0 Å². The normalized spacial score (nSPS) is 18.1. The van der Waals surface area contributed by atoms with Crippen molar-refractivity contribution in [3.05, 3.63) is 24.5 Å². The third kappa shape index (κ3) is 4.16. The van der Waals surface area contributed by atoms with E-state index in [0.29, 0.717) is 24.7 Å². The van der Waals surface area contributed by atoms with Gasteiger partial charge in [0, 0.05) is 25.5 Å². The molecule has 2 rings (SSSR count). The maximum absolute atomic E-state index is 12.3. The molecular formula is C13H22N4O2S. The third-order valence-electron chi connectivity index (χ3n) is 3.52. The van der Waals surface area contributed by atoms with E-state index in [1.807, 2.05) is 0 Å². The average Bonchev–Trinajstić information content (AvgIpc) is 2.46. The first-order valence-corrected chi connectivity index (χ1v) is 8.44. The second-order valence-electron chi connectivity index (χ2n) is 4.99. The molecule has 1 aromatic heterocycles. The van der Waals surface area contributed by atoms with E-state index >= 15 is 0 Å². The number of nitrogens with one attached hydrogen (secondary N) is 2. The van der Waals surface area contributed by atoms with Crippen LogP contribution in [0.25, 0.3) is 0 Å². The molecule has 0 spiro atoms. The Balaban J connectivity index is 1.89. The zero-order valence-electron chi connectivity index (χ0n) is 11.7. The number of nitrogens with zero attached hydrogens (tertiary/aromatic N) is 2. The highest BCUT2D eigenvalue weighted by Crippen LogP contribution is 2.20. The molecule has 0 radical (unpaired) electrons. The van der Waals surface area contributed by atoms with Crippen LogP contribution in [0.4, 0.5) is 5.69 Å². The lowest BCUT2D eigenvalue weighted by atomic mass is 9.98. The zero-order valence-corrected chi connectivity index (χ0v) is 12.6. The summed E-state index contributed by atoms with van der Waals surface area (Å²) in [6, 6.07) is 3.30. The van der Waals surface area contributed by atoms with Crippen molar-refractivity contribution in [3.8, 4) is 0 Å². The number of aromatic nitrogens is 1. The van der Waals surface area contributed by atoms with E-state index in [4.69, 9.17) is 0 Å². The van der Waals surface area contributed by atoms with Gasteiger partial charge in [-0.25, -0.2) is 0 Å². The maximum atomic E-state index is 12.3. The molecule has 0 atom stereocenters. The average molecular weight is 298 g/mol. The quantitative estimate of drug-likeness (QED) is 0.823. The molecule has 112 valence electrons. The van der Waals surface area contributed by atoms with E-state index in [2.05, 4.69) is 21.9 Å². The Morgan fingerprint density at radius 1 is 1.30 bits per heavy atom. The summed E-state index contributed by atoms with van der Waals surface area (Å²) in [5.41, 5.74) is 0.551. The maximum Gasteiger partial charge on any atom is 0.301 e. The highest BCUT2D eigenvalue weighted by atomic mass is 32.2. The van der Waals surface area contributed by atoms with Gasteiger partial charge in [0.15, 0.2) is 0 Å². The molecule has 0 unspecified atom stereocenters. The molecule has 0 saturated carbocycles. The summed E-state index contributed by atoms with van der Waals surface area (Å²) in [5, 5.41) is 3.32. The summed E-state index contributed by atoms with van der Waals surface area (Å²) in [6.07, 6.45) is 4.95. The van der Waals surface area contributed by atoms with Crippen molar-refractivity contribution in [2.75, 3.05) is 30.9 Å². The largest absolute Gasteiger partial charge is 0.317 e. The van der Waals surface area contributed by atoms with Gasteiger partial charge in [-0.2, -0.15) is 12.7 Å². The fraction of sp³-hybridized carbons (Fsp3) is 0.615. The van der Waals surface area contributed by atoms with Gasteiger partial charge in [-0.1, -0.05) is 6.92 Å². The predicted molar refractivity (Wildman–Crippen MR) is 79.6 cm³/mol. The van der Waals surface area contributed by atoms with Crippen LogP contribution in [-0.2, 0) is 10.2 Å². The molecule has 1 fully saturated rings. The van der Waals surface area contributed by atoms with E-state index < -0.39 is 10.2 Å². The highest BCUT2D eigenvalue weighted by Gasteiger charge is 2.27. The van der Waals surface area contributed by atoms with Crippen LogP contribution in [0, 0.1) is 5.92 Å². The first kappa shape index (κ1) is 15.2. The van der Waals surface area contributed by atoms with Crippen LogP contribution >= 0.6 is 0 Å². The zero-order chi connectivity index (χ0) is 14.4. The predicted octanol–water partition coefficient (Wildman–Crippen LogP) is 1.06. The second kappa shape index (κ2) is 7.01. The van der Waals surface area contributed by atoms with Crippen LogP contribution in [-0.4, -0.2) is 43.9 Å². The van der Waals surface area contributed by atoms with Crippen LogP contribution < -0.4 is 10.0 Å². The van der Waals surface area contributed by atoms with Gasteiger partial charge in [-0.15, -0.1) is 0 Å². The summed E-state index contributed by atoms with van der Waals surface area (Å²) < 4.78 is 28.6. The van der Waals surface area contributed by atoms with Gasteiger partial charge in [0.05, 0.1) is 5.69 Å². The highest BCUT2D eigenvalue weighted by molar-refractivity contribution is 7.90. The van der Waals surface area contributed by atoms with Gasteiger partial charge < -0.3 is 5.32 Å². The van der Waals surface area contributed by atoms with Gasteiger partial charge >= 0.3 is 10.2 Å². The van der Waals surface area contributed by atoms with Crippen molar-refractivity contribution in [2.24, 2.45) is 5.92 Å². The van der Waals surface area contributed by atoms with E-state index in [1.165, 1.54) is 4.31 Å². The molecule has 1 aromatic rings. The first-order valence-electron chi connectivity index (χ1n) is 7.00. The molecular weight excluding hydrogens is 276 g/mol. The Morgan fingerprint density at radius 3 is 2.55 bits per heavy atom. The van der Waals surface area contributed by atoms with Crippen LogP contribution in [0.1, 0.15) is 19.8 Å². The fourth-order valence-corrected chi connectivity index (χ4v) is 3.59. The third-order valence-corrected chi connectivity index (χ3v) is 5.06. The Labute approximate surface area is 120 Å². The van der Waals surface area contributed by atoms with Crippen molar-refractivity contribution < 1.29 is 8.42 Å². The SMILES string of the molecule is CCNCC1CCN(S(=O)(=O)Nc2ccncc2)CC1. The minimum absolute atomic E-state index is 0.551. The molecule has 1 saturated heterocycles. The first-order chi connectivity index (χ1) is 9.62. The van der Waals surface area contributed by atoms with Gasteiger partial charge in [-0.05, 0) is 44.0 Å². The molecule has 20 heavy (non-hydrogen) atoms. The molecule has 2 heterocycles. The second-order valence-corrected chi connectivity index (χ2v) is 6.66. The molecule has 2 N–H and O–H groups in total. The summed E-state index contributed by atoms with van der Waals surface area (Å²) in [7, 11) is -3.45. The number of piperidine rings is 1. The molecule has 0 aromatic carbocycles. The van der Waals surface area contributed by atoms with Crippen LogP contribution in [0.2, 0.25) is 0 Å². The Bertz CT molecular complexity index is 498. The molecule has 6 nitrogen and oxygen atoms in total. The number of rotatable bonds is 6. The Morgan fingerprint density at radius 2 is 1.95 bits per heavy atom. The van der Waals surface area contributed by atoms with E-state index in [9.17, 15) is 8.42 Å². The standard InChI is InChI=1S/C13H22N4O2S/c1-2-14-11-12-5-9-17(10-6-12)20(18,19)16-13-3-7-15-8-4-13/h3-4,7-8,12,14H,2,5-6,9-11H2,1H3,(H,15,16). The fourth-order valence-electron chi connectivity index (χ4n) is 2.34. The van der Waals surface area contributed by atoms with Gasteiger partial charge in [0.1, 0.15) is 0 Å². The molecule has 1 aliphatic rings. The van der Waals surface area contributed by atoms with Crippen molar-refractivity contribution in [1.29, 1.82) is 0 Å². The molecule has 7 heteroatoms. The van der Waals surface area contributed by atoms with Gasteiger partial charge in [0.25, 0.3) is 0 Å².